The third-order valence-electron chi connectivity index (χ3n) is 6.16. The number of hydrogen-bond acceptors (Lipinski definition) is 7. The van der Waals surface area contributed by atoms with Crippen LogP contribution in [-0.2, 0) is 20.0 Å². The van der Waals surface area contributed by atoms with E-state index in [0.717, 1.165) is 31.6 Å². The van der Waals surface area contributed by atoms with Crippen LogP contribution in [0.5, 0.6) is 11.5 Å². The van der Waals surface area contributed by atoms with Crippen molar-refractivity contribution >= 4 is 20.0 Å². The topological polar surface area (TPSA) is 98.8 Å². The molecule has 1 aliphatic heterocycles. The fraction of sp³-hybridized carbons (Fsp3) is 0.478. The summed E-state index contributed by atoms with van der Waals surface area (Å²) < 4.78 is 99.0. The summed E-state index contributed by atoms with van der Waals surface area (Å²) in [6.45, 7) is 3.87. The van der Waals surface area contributed by atoms with Gasteiger partial charge in [-0.25, -0.2) is 8.42 Å². The second kappa shape index (κ2) is 9.98. The molecule has 1 heterocycles. The number of nitrogens with one attached hydrogen (secondary N) is 1. The number of halogens is 3. The van der Waals surface area contributed by atoms with E-state index in [2.05, 4.69) is 9.50 Å². The van der Waals surface area contributed by atoms with Gasteiger partial charge >= 0.3 is 15.6 Å². The maximum atomic E-state index is 13.6. The molecule has 0 spiro atoms. The molecule has 3 rings (SSSR count). The molecule has 0 amide bonds. The third kappa shape index (κ3) is 5.59. The van der Waals surface area contributed by atoms with Gasteiger partial charge in [-0.3, -0.25) is 5.32 Å². The first-order valence-electron chi connectivity index (χ1n) is 11.1. The van der Waals surface area contributed by atoms with Crippen LogP contribution in [0.2, 0.25) is 0 Å². The molecular formula is C23H28F3NO6S2. The lowest BCUT2D eigenvalue weighted by Crippen LogP contribution is -2.50. The van der Waals surface area contributed by atoms with Crippen molar-refractivity contribution in [1.82, 2.24) is 5.32 Å². The first kappa shape index (κ1) is 27.3. The van der Waals surface area contributed by atoms with Gasteiger partial charge in [-0.05, 0) is 30.0 Å². The number of rotatable bonds is 8. The fourth-order valence-electron chi connectivity index (χ4n) is 4.26. The van der Waals surface area contributed by atoms with E-state index in [4.69, 9.17) is 4.74 Å². The van der Waals surface area contributed by atoms with Gasteiger partial charge in [0.05, 0.1) is 23.8 Å². The molecule has 2 aromatic rings. The molecule has 0 fully saturated rings. The Morgan fingerprint density at radius 3 is 2.31 bits per heavy atom. The van der Waals surface area contributed by atoms with E-state index in [1.54, 1.807) is 12.1 Å². The number of alkyl halides is 3. The maximum absolute atomic E-state index is 13.6. The van der Waals surface area contributed by atoms with Crippen molar-refractivity contribution in [2.75, 3.05) is 12.9 Å². The summed E-state index contributed by atoms with van der Waals surface area (Å²) in [7, 11) is -9.01. The molecule has 2 atom stereocenters. The monoisotopic (exact) mass is 535 g/mol. The summed E-state index contributed by atoms with van der Waals surface area (Å²) in [5.41, 5.74) is -5.55. The Morgan fingerprint density at radius 1 is 1.11 bits per heavy atom. The molecule has 0 bridgehead atoms. The van der Waals surface area contributed by atoms with Crippen LogP contribution < -0.4 is 14.2 Å². The van der Waals surface area contributed by atoms with Gasteiger partial charge in [0.25, 0.3) is 0 Å². The van der Waals surface area contributed by atoms with Crippen LogP contribution in [0.25, 0.3) is 0 Å². The van der Waals surface area contributed by atoms with Crippen LogP contribution in [0.4, 0.5) is 13.2 Å². The highest BCUT2D eigenvalue weighted by Crippen LogP contribution is 2.44. The summed E-state index contributed by atoms with van der Waals surface area (Å²) in [6.07, 6.45) is 2.63. The number of hydrogen-bond donors (Lipinski definition) is 1. The van der Waals surface area contributed by atoms with E-state index in [0.29, 0.717) is 12.8 Å². The molecule has 35 heavy (non-hydrogen) atoms. The van der Waals surface area contributed by atoms with E-state index < -0.39 is 42.8 Å². The number of unbranched alkanes of at least 4 members (excludes halogenated alkanes) is 1. The van der Waals surface area contributed by atoms with Crippen LogP contribution in [0.1, 0.15) is 56.7 Å². The van der Waals surface area contributed by atoms with Gasteiger partial charge < -0.3 is 8.92 Å². The van der Waals surface area contributed by atoms with Crippen LogP contribution in [-0.4, -0.2) is 40.7 Å². The van der Waals surface area contributed by atoms with E-state index in [1.165, 1.54) is 6.07 Å². The lowest BCUT2D eigenvalue weighted by molar-refractivity contribution is -0.0500. The average Bonchev–Trinajstić information content (AvgIpc) is 2.89. The van der Waals surface area contributed by atoms with Crippen LogP contribution >= 0.6 is 0 Å². The minimum atomic E-state index is -6.05. The molecule has 194 valence electrons. The molecule has 0 radical (unpaired) electrons. The second-order valence-electron chi connectivity index (χ2n) is 8.51. The van der Waals surface area contributed by atoms with Crippen LogP contribution in [0.3, 0.4) is 0 Å². The molecule has 7 nitrogen and oxygen atoms in total. The third-order valence-corrected chi connectivity index (χ3v) is 9.08. The Balaban J connectivity index is 2.28. The minimum Gasteiger partial charge on any atom is -0.493 e. The summed E-state index contributed by atoms with van der Waals surface area (Å²) in [5, 5.41) is 3.51. The quantitative estimate of drug-likeness (QED) is 0.386. The number of ether oxygens (including phenoxy) is 1. The average molecular weight is 536 g/mol. The van der Waals surface area contributed by atoms with Gasteiger partial charge in [0.2, 0.25) is 0 Å². The Bertz CT molecular complexity index is 1260. The molecule has 1 aliphatic rings. The Morgan fingerprint density at radius 2 is 1.77 bits per heavy atom. The van der Waals surface area contributed by atoms with Crippen molar-refractivity contribution in [2.45, 2.75) is 61.5 Å². The van der Waals surface area contributed by atoms with Gasteiger partial charge in [0, 0.05) is 11.6 Å². The normalized spacial score (nSPS) is 22.2. The molecule has 0 saturated carbocycles. The number of methoxy groups -OCH3 is 1. The van der Waals surface area contributed by atoms with Crippen molar-refractivity contribution in [3.8, 4) is 11.5 Å². The van der Waals surface area contributed by atoms with Gasteiger partial charge in [-0.15, -0.1) is 0 Å². The molecule has 0 saturated heterocycles. The molecule has 0 aliphatic carbocycles. The molecule has 2 aromatic carbocycles. The van der Waals surface area contributed by atoms with Crippen LogP contribution in [0, 0.1) is 0 Å². The zero-order chi connectivity index (χ0) is 26.1. The van der Waals surface area contributed by atoms with Crippen LogP contribution in [0.15, 0.2) is 47.4 Å². The Hall–Kier alpha value is -2.31. The fourth-order valence-corrected chi connectivity index (χ4v) is 6.86. The number of sulfone groups is 1. The summed E-state index contributed by atoms with van der Waals surface area (Å²) in [4.78, 5) is -0.307. The summed E-state index contributed by atoms with van der Waals surface area (Å²) >= 11 is 0. The standard InChI is InChI=1S/C23H28F3NO6S2/c1-4-6-12-22(5-2)15-34(28,29)20-14-19(33-35(30,31)23(24,25)26)18(32-3)13-17(20)21(27-22)16-10-8-7-9-11-16/h7-11,13-14,21,27H,4-6,12,15H2,1-3H3/t21?,22-/m1/s1. The lowest BCUT2D eigenvalue weighted by Gasteiger charge is -2.36. The number of benzene rings is 2. The Labute approximate surface area is 203 Å². The largest absolute Gasteiger partial charge is 0.534 e. The summed E-state index contributed by atoms with van der Waals surface area (Å²) in [5.74, 6) is -1.51. The van der Waals surface area contributed by atoms with Crippen molar-refractivity contribution in [1.29, 1.82) is 0 Å². The van der Waals surface area contributed by atoms with Crippen molar-refractivity contribution in [3.05, 3.63) is 53.6 Å². The minimum absolute atomic E-state index is 0.233. The highest BCUT2D eigenvalue weighted by Gasteiger charge is 2.49. The molecule has 12 heteroatoms. The SMILES string of the molecule is CCCC[C@]1(CC)CS(=O)(=O)c2cc(OS(=O)(=O)C(F)(F)F)c(OC)cc2C(c2ccccc2)N1. The van der Waals surface area contributed by atoms with Gasteiger partial charge in [0.1, 0.15) is 0 Å². The van der Waals surface area contributed by atoms with Crippen molar-refractivity contribution in [2.24, 2.45) is 0 Å². The highest BCUT2D eigenvalue weighted by atomic mass is 32.2. The van der Waals surface area contributed by atoms with E-state index in [9.17, 15) is 30.0 Å². The van der Waals surface area contributed by atoms with Gasteiger partial charge in [-0.2, -0.15) is 21.6 Å². The smallest absolute Gasteiger partial charge is 0.493 e. The first-order valence-corrected chi connectivity index (χ1v) is 14.1. The van der Waals surface area contributed by atoms with Crippen molar-refractivity contribution in [3.63, 3.8) is 0 Å². The van der Waals surface area contributed by atoms with E-state index in [1.807, 2.05) is 32.0 Å². The second-order valence-corrected chi connectivity index (χ2v) is 12.0. The van der Waals surface area contributed by atoms with Crippen molar-refractivity contribution < 1.29 is 38.9 Å². The molecular weight excluding hydrogens is 507 g/mol. The zero-order valence-electron chi connectivity index (χ0n) is 19.6. The Kier molecular flexibility index (Phi) is 7.78. The number of fused-ring (bicyclic) bond motifs is 1. The lowest BCUT2D eigenvalue weighted by atomic mass is 9.88. The molecule has 0 aromatic heterocycles. The van der Waals surface area contributed by atoms with Gasteiger partial charge in [-0.1, -0.05) is 57.0 Å². The predicted octanol–water partition coefficient (Wildman–Crippen LogP) is 4.73. The zero-order valence-corrected chi connectivity index (χ0v) is 21.2. The first-order chi connectivity index (χ1) is 16.3. The van der Waals surface area contributed by atoms with Gasteiger partial charge in [0.15, 0.2) is 21.3 Å². The van der Waals surface area contributed by atoms with E-state index >= 15 is 0 Å². The summed E-state index contributed by atoms with van der Waals surface area (Å²) in [6, 6.07) is 10.4. The maximum Gasteiger partial charge on any atom is 0.534 e. The van der Waals surface area contributed by atoms with E-state index in [-0.39, 0.29) is 22.0 Å². The molecule has 1 unspecified atom stereocenters. The highest BCUT2D eigenvalue weighted by molar-refractivity contribution is 7.91. The predicted molar refractivity (Wildman–Crippen MR) is 125 cm³/mol. The molecule has 1 N–H and O–H groups in total.